The normalized spacial score (nSPS) is 10.5. The van der Waals surface area contributed by atoms with Crippen LogP contribution in [-0.2, 0) is 0 Å². The maximum absolute atomic E-state index is 11.3. The Morgan fingerprint density at radius 3 is 2.52 bits per heavy atom. The molecule has 0 aliphatic heterocycles. The highest BCUT2D eigenvalue weighted by Crippen LogP contribution is 2.25. The molecule has 21 heavy (non-hydrogen) atoms. The van der Waals surface area contributed by atoms with Gasteiger partial charge in [0, 0.05) is 21.8 Å². The van der Waals surface area contributed by atoms with Gasteiger partial charge in [-0.25, -0.2) is 4.68 Å². The van der Waals surface area contributed by atoms with Gasteiger partial charge >= 0.3 is 0 Å². The Labute approximate surface area is 129 Å². The van der Waals surface area contributed by atoms with Crippen LogP contribution in [0.5, 0.6) is 0 Å². The van der Waals surface area contributed by atoms with Crippen LogP contribution in [0, 0.1) is 0 Å². The molecule has 0 bridgehead atoms. The largest absolute Gasteiger partial charge is 0.545 e. The van der Waals surface area contributed by atoms with Gasteiger partial charge in [0.15, 0.2) is 0 Å². The van der Waals surface area contributed by atoms with Gasteiger partial charge in [-0.1, -0.05) is 46.3 Å². The highest BCUT2D eigenvalue weighted by Gasteiger charge is 2.13. The van der Waals surface area contributed by atoms with Crippen molar-refractivity contribution in [3.63, 3.8) is 0 Å². The molecule has 5 heteroatoms. The first-order valence-corrected chi connectivity index (χ1v) is 7.07. The Bertz CT molecular complexity index is 797. The van der Waals surface area contributed by atoms with Crippen LogP contribution in [0.3, 0.4) is 0 Å². The van der Waals surface area contributed by atoms with E-state index in [-0.39, 0.29) is 5.56 Å². The van der Waals surface area contributed by atoms with Crippen molar-refractivity contribution >= 4 is 21.9 Å². The lowest BCUT2D eigenvalue weighted by atomic mass is 10.1. The molecule has 2 aromatic carbocycles. The second-order valence-electron chi connectivity index (χ2n) is 4.47. The molecule has 0 atom stereocenters. The van der Waals surface area contributed by atoms with Crippen molar-refractivity contribution in [3.8, 4) is 16.9 Å². The van der Waals surface area contributed by atoms with Gasteiger partial charge in [0.1, 0.15) is 5.69 Å². The van der Waals surface area contributed by atoms with Crippen molar-refractivity contribution in [2.24, 2.45) is 0 Å². The van der Waals surface area contributed by atoms with E-state index < -0.39 is 5.97 Å². The van der Waals surface area contributed by atoms with E-state index in [9.17, 15) is 9.90 Å². The molecule has 0 aliphatic rings. The van der Waals surface area contributed by atoms with E-state index in [0.717, 1.165) is 15.7 Å². The number of carboxylic acids is 1. The molecule has 4 nitrogen and oxygen atoms in total. The number of halogens is 1. The van der Waals surface area contributed by atoms with Crippen molar-refractivity contribution in [3.05, 3.63) is 70.8 Å². The molecular formula is C16H10BrN2O2-. The standard InChI is InChI=1S/C16H11BrN2O2/c17-12-6-4-5-11(9-12)15-14(16(20)21)10-19(18-15)13-7-2-1-3-8-13/h1-10H,(H,20,21)/p-1. The zero-order valence-electron chi connectivity index (χ0n) is 10.9. The van der Waals surface area contributed by atoms with Gasteiger partial charge in [-0.15, -0.1) is 0 Å². The van der Waals surface area contributed by atoms with Crippen LogP contribution in [-0.4, -0.2) is 15.7 Å². The topological polar surface area (TPSA) is 57.9 Å². The fraction of sp³-hybridized carbons (Fsp3) is 0. The van der Waals surface area contributed by atoms with Crippen LogP contribution in [0.25, 0.3) is 16.9 Å². The number of rotatable bonds is 3. The average Bonchev–Trinajstić information content (AvgIpc) is 2.93. The number of carboxylic acid groups (broad SMARTS) is 1. The minimum Gasteiger partial charge on any atom is -0.545 e. The molecule has 0 unspecified atom stereocenters. The average molecular weight is 342 g/mol. The fourth-order valence-electron chi connectivity index (χ4n) is 2.09. The van der Waals surface area contributed by atoms with E-state index >= 15 is 0 Å². The van der Waals surface area contributed by atoms with Gasteiger partial charge in [0.25, 0.3) is 0 Å². The third kappa shape index (κ3) is 2.73. The summed E-state index contributed by atoms with van der Waals surface area (Å²) >= 11 is 3.38. The number of aromatic nitrogens is 2. The predicted molar refractivity (Wildman–Crippen MR) is 81.0 cm³/mol. The summed E-state index contributed by atoms with van der Waals surface area (Å²) in [6.07, 6.45) is 1.47. The molecule has 104 valence electrons. The zero-order chi connectivity index (χ0) is 14.8. The molecule has 0 amide bonds. The highest BCUT2D eigenvalue weighted by atomic mass is 79.9. The number of carbonyl (C=O) groups is 1. The summed E-state index contributed by atoms with van der Waals surface area (Å²) in [4.78, 5) is 11.3. The molecule has 0 saturated carbocycles. The summed E-state index contributed by atoms with van der Waals surface area (Å²) < 4.78 is 2.40. The van der Waals surface area contributed by atoms with E-state index in [1.54, 1.807) is 4.68 Å². The molecule has 0 fully saturated rings. The van der Waals surface area contributed by atoms with E-state index in [1.165, 1.54) is 6.20 Å². The molecule has 3 rings (SSSR count). The second kappa shape index (κ2) is 5.54. The van der Waals surface area contributed by atoms with Gasteiger partial charge in [-0.05, 0) is 24.3 Å². The van der Waals surface area contributed by atoms with Crippen LogP contribution in [0.15, 0.2) is 65.3 Å². The first kappa shape index (κ1) is 13.6. The molecule has 0 radical (unpaired) electrons. The van der Waals surface area contributed by atoms with Crippen molar-refractivity contribution < 1.29 is 9.90 Å². The number of hydrogen-bond acceptors (Lipinski definition) is 3. The van der Waals surface area contributed by atoms with E-state index in [1.807, 2.05) is 54.6 Å². The quantitative estimate of drug-likeness (QED) is 0.735. The smallest absolute Gasteiger partial charge is 0.102 e. The summed E-state index contributed by atoms with van der Waals surface area (Å²) in [7, 11) is 0. The van der Waals surface area contributed by atoms with Gasteiger partial charge in [0.2, 0.25) is 0 Å². The summed E-state index contributed by atoms with van der Waals surface area (Å²) in [6, 6.07) is 16.7. The molecule has 0 saturated heterocycles. The van der Waals surface area contributed by atoms with E-state index in [4.69, 9.17) is 0 Å². The second-order valence-corrected chi connectivity index (χ2v) is 5.38. The van der Waals surface area contributed by atoms with Gasteiger partial charge < -0.3 is 9.90 Å². The minimum atomic E-state index is -1.24. The van der Waals surface area contributed by atoms with E-state index in [2.05, 4.69) is 21.0 Å². The molecular weight excluding hydrogens is 332 g/mol. The monoisotopic (exact) mass is 341 g/mol. The van der Waals surface area contributed by atoms with Crippen LogP contribution < -0.4 is 5.11 Å². The SMILES string of the molecule is O=C([O-])c1cn(-c2ccccc2)nc1-c1cccc(Br)c1. The summed E-state index contributed by atoms with van der Waals surface area (Å²) in [5.74, 6) is -1.24. The van der Waals surface area contributed by atoms with Gasteiger partial charge in [-0.2, -0.15) is 5.10 Å². The van der Waals surface area contributed by atoms with Crippen molar-refractivity contribution in [2.75, 3.05) is 0 Å². The molecule has 1 heterocycles. The number of para-hydroxylation sites is 1. The molecule has 0 aliphatic carbocycles. The number of aromatic carboxylic acids is 1. The van der Waals surface area contributed by atoms with Crippen LogP contribution in [0.2, 0.25) is 0 Å². The van der Waals surface area contributed by atoms with E-state index in [0.29, 0.717) is 5.69 Å². The first-order chi connectivity index (χ1) is 10.1. The lowest BCUT2D eigenvalue weighted by molar-refractivity contribution is -0.254. The molecule has 0 spiro atoms. The number of nitrogens with zero attached hydrogens (tertiary/aromatic N) is 2. The van der Waals surface area contributed by atoms with Crippen LogP contribution in [0.4, 0.5) is 0 Å². The minimum absolute atomic E-state index is 0.0666. The number of carbonyl (C=O) groups excluding carboxylic acids is 1. The van der Waals surface area contributed by atoms with Crippen molar-refractivity contribution in [1.29, 1.82) is 0 Å². The lowest BCUT2D eigenvalue weighted by Crippen LogP contribution is -2.22. The summed E-state index contributed by atoms with van der Waals surface area (Å²) in [5, 5.41) is 15.7. The molecule has 1 aromatic heterocycles. The number of hydrogen-bond donors (Lipinski definition) is 0. The zero-order valence-corrected chi connectivity index (χ0v) is 12.4. The molecule has 0 N–H and O–H groups in total. The summed E-state index contributed by atoms with van der Waals surface area (Å²) in [5.41, 5.74) is 1.97. The van der Waals surface area contributed by atoms with Crippen LogP contribution in [0.1, 0.15) is 10.4 Å². The lowest BCUT2D eigenvalue weighted by Gasteiger charge is -2.03. The predicted octanol–water partition coefficient (Wildman–Crippen LogP) is 2.67. The Hall–Kier alpha value is -2.40. The third-order valence-corrected chi connectivity index (χ3v) is 3.55. The van der Waals surface area contributed by atoms with Gasteiger partial charge in [-0.3, -0.25) is 0 Å². The maximum Gasteiger partial charge on any atom is 0.102 e. The Morgan fingerprint density at radius 1 is 1.10 bits per heavy atom. The third-order valence-electron chi connectivity index (χ3n) is 3.05. The summed E-state index contributed by atoms with van der Waals surface area (Å²) in [6.45, 7) is 0. The molecule has 3 aromatic rings. The maximum atomic E-state index is 11.3. The highest BCUT2D eigenvalue weighted by molar-refractivity contribution is 9.10. The van der Waals surface area contributed by atoms with Crippen LogP contribution >= 0.6 is 15.9 Å². The van der Waals surface area contributed by atoms with Crippen molar-refractivity contribution in [2.45, 2.75) is 0 Å². The first-order valence-electron chi connectivity index (χ1n) is 6.27. The number of benzene rings is 2. The Kier molecular flexibility index (Phi) is 3.58. The Morgan fingerprint density at radius 2 is 1.86 bits per heavy atom. The van der Waals surface area contributed by atoms with Crippen molar-refractivity contribution in [1.82, 2.24) is 9.78 Å². The fourth-order valence-corrected chi connectivity index (χ4v) is 2.48. The van der Waals surface area contributed by atoms with Gasteiger partial charge in [0.05, 0.1) is 11.7 Å². The Balaban J connectivity index is 2.16.